The van der Waals surface area contributed by atoms with Crippen molar-refractivity contribution in [2.75, 3.05) is 0 Å². The first-order chi connectivity index (χ1) is 4.77. The molecule has 1 aromatic heterocycles. The molecule has 1 aromatic rings. The highest BCUT2D eigenvalue weighted by Gasteiger charge is 2.25. The van der Waals surface area contributed by atoms with Gasteiger partial charge in [0.1, 0.15) is 4.60 Å². The second-order valence-electron chi connectivity index (χ2n) is 2.78. The molecule has 1 fully saturated rings. The zero-order valence-corrected chi connectivity index (χ0v) is 7.43. The summed E-state index contributed by atoms with van der Waals surface area (Å²) >= 11 is 3.35. The molecule has 2 nitrogen and oxygen atoms in total. The van der Waals surface area contributed by atoms with E-state index in [2.05, 4.69) is 38.7 Å². The van der Waals surface area contributed by atoms with E-state index in [1.54, 1.807) is 0 Å². The molecule has 1 saturated carbocycles. The minimum absolute atomic E-state index is 0.700. The number of hydrogen-bond donors (Lipinski definition) is 0. The average molecular weight is 201 g/mol. The van der Waals surface area contributed by atoms with Crippen LogP contribution in [0.25, 0.3) is 0 Å². The molecule has 54 valence electrons. The third kappa shape index (κ3) is 0.985. The van der Waals surface area contributed by atoms with E-state index < -0.39 is 0 Å². The van der Waals surface area contributed by atoms with Gasteiger partial charge in [0.2, 0.25) is 0 Å². The van der Waals surface area contributed by atoms with E-state index in [4.69, 9.17) is 0 Å². The van der Waals surface area contributed by atoms with Crippen molar-refractivity contribution in [2.45, 2.75) is 25.8 Å². The molecular weight excluding hydrogens is 192 g/mol. The molecule has 0 bridgehead atoms. The van der Waals surface area contributed by atoms with E-state index in [0.717, 1.165) is 4.60 Å². The topological polar surface area (TPSA) is 17.8 Å². The molecule has 1 heterocycles. The molecule has 0 unspecified atom stereocenters. The molecule has 0 N–H and O–H groups in total. The Hall–Kier alpha value is -0.310. The molecule has 0 saturated heterocycles. The number of rotatable bonds is 1. The standard InChI is InChI=1S/C7H9BrN2/c1-5-4-7(8)9-10(5)6-2-3-6/h4,6H,2-3H2,1H3. The van der Waals surface area contributed by atoms with Gasteiger partial charge in [-0.25, -0.2) is 0 Å². The van der Waals surface area contributed by atoms with Gasteiger partial charge in [0.25, 0.3) is 0 Å². The summed E-state index contributed by atoms with van der Waals surface area (Å²) in [5.74, 6) is 0. The second kappa shape index (κ2) is 2.09. The van der Waals surface area contributed by atoms with Crippen molar-refractivity contribution in [3.05, 3.63) is 16.4 Å². The van der Waals surface area contributed by atoms with Crippen LogP contribution < -0.4 is 0 Å². The van der Waals surface area contributed by atoms with Crippen LogP contribution in [-0.2, 0) is 0 Å². The van der Waals surface area contributed by atoms with Crippen LogP contribution >= 0.6 is 15.9 Å². The van der Waals surface area contributed by atoms with E-state index in [0.29, 0.717) is 6.04 Å². The number of aromatic nitrogens is 2. The van der Waals surface area contributed by atoms with E-state index in [1.165, 1.54) is 18.5 Å². The Morgan fingerprint density at radius 1 is 1.70 bits per heavy atom. The highest BCUT2D eigenvalue weighted by atomic mass is 79.9. The molecule has 1 aliphatic carbocycles. The van der Waals surface area contributed by atoms with E-state index in [1.807, 2.05) is 0 Å². The van der Waals surface area contributed by atoms with Gasteiger partial charge in [-0.1, -0.05) is 0 Å². The maximum absolute atomic E-state index is 4.31. The number of aryl methyl sites for hydroxylation is 1. The molecule has 3 heteroatoms. The molecule has 0 aliphatic heterocycles. The van der Waals surface area contributed by atoms with Crippen molar-refractivity contribution in [3.63, 3.8) is 0 Å². The average Bonchev–Trinajstić information content (AvgIpc) is 2.61. The summed E-state index contributed by atoms with van der Waals surface area (Å²) in [6, 6.07) is 2.75. The van der Waals surface area contributed by atoms with Crippen LogP contribution in [0.15, 0.2) is 10.7 Å². The fraction of sp³-hybridized carbons (Fsp3) is 0.571. The van der Waals surface area contributed by atoms with Gasteiger partial charge >= 0.3 is 0 Å². The molecular formula is C7H9BrN2. The highest BCUT2D eigenvalue weighted by Crippen LogP contribution is 2.35. The smallest absolute Gasteiger partial charge is 0.128 e. The number of hydrogen-bond acceptors (Lipinski definition) is 1. The van der Waals surface area contributed by atoms with Crippen LogP contribution in [0.1, 0.15) is 24.6 Å². The van der Waals surface area contributed by atoms with Crippen molar-refractivity contribution >= 4 is 15.9 Å². The fourth-order valence-corrected chi connectivity index (χ4v) is 1.64. The molecule has 0 amide bonds. The van der Waals surface area contributed by atoms with Gasteiger partial charge in [0.05, 0.1) is 6.04 Å². The zero-order chi connectivity index (χ0) is 7.14. The van der Waals surface area contributed by atoms with Crippen LogP contribution in [0.3, 0.4) is 0 Å². The third-order valence-electron chi connectivity index (χ3n) is 1.79. The Morgan fingerprint density at radius 3 is 2.80 bits per heavy atom. The van der Waals surface area contributed by atoms with Gasteiger partial charge in [-0.2, -0.15) is 5.10 Å². The van der Waals surface area contributed by atoms with Crippen molar-refractivity contribution < 1.29 is 0 Å². The van der Waals surface area contributed by atoms with Gasteiger partial charge in [-0.15, -0.1) is 0 Å². The third-order valence-corrected chi connectivity index (χ3v) is 2.17. The summed E-state index contributed by atoms with van der Waals surface area (Å²) in [5, 5.41) is 4.31. The predicted octanol–water partition coefficient (Wildman–Crippen LogP) is 2.29. The molecule has 0 atom stereocenters. The molecule has 0 radical (unpaired) electrons. The number of nitrogens with zero attached hydrogens (tertiary/aromatic N) is 2. The predicted molar refractivity (Wildman–Crippen MR) is 42.9 cm³/mol. The quantitative estimate of drug-likeness (QED) is 0.681. The lowest BCUT2D eigenvalue weighted by atomic mass is 10.5. The summed E-state index contributed by atoms with van der Waals surface area (Å²) in [5.41, 5.74) is 1.26. The lowest BCUT2D eigenvalue weighted by molar-refractivity contribution is 0.618. The SMILES string of the molecule is Cc1cc(Br)nn1C1CC1. The largest absolute Gasteiger partial charge is 0.266 e. The maximum Gasteiger partial charge on any atom is 0.128 e. The van der Waals surface area contributed by atoms with E-state index >= 15 is 0 Å². The molecule has 1 aliphatic rings. The molecule has 10 heavy (non-hydrogen) atoms. The van der Waals surface area contributed by atoms with Gasteiger partial charge in [-0.05, 0) is 41.8 Å². The molecule has 0 aromatic carbocycles. The van der Waals surface area contributed by atoms with Crippen molar-refractivity contribution in [1.29, 1.82) is 0 Å². The monoisotopic (exact) mass is 200 g/mol. The summed E-state index contributed by atoms with van der Waals surface area (Å²) in [6.07, 6.45) is 2.60. The lowest BCUT2D eigenvalue weighted by Crippen LogP contribution is -1.97. The van der Waals surface area contributed by atoms with E-state index in [9.17, 15) is 0 Å². The number of halogens is 1. The Morgan fingerprint density at radius 2 is 2.40 bits per heavy atom. The summed E-state index contributed by atoms with van der Waals surface area (Å²) in [6.45, 7) is 2.09. The van der Waals surface area contributed by atoms with Crippen LogP contribution in [0.4, 0.5) is 0 Å². The van der Waals surface area contributed by atoms with Crippen LogP contribution in [0.5, 0.6) is 0 Å². The van der Waals surface area contributed by atoms with Gasteiger partial charge in [0.15, 0.2) is 0 Å². The highest BCUT2D eigenvalue weighted by molar-refractivity contribution is 9.10. The fourth-order valence-electron chi connectivity index (χ4n) is 1.14. The Bertz CT molecular complexity index is 250. The summed E-state index contributed by atoms with van der Waals surface area (Å²) < 4.78 is 3.06. The first kappa shape index (κ1) is 6.40. The van der Waals surface area contributed by atoms with Crippen LogP contribution in [-0.4, -0.2) is 9.78 Å². The summed E-state index contributed by atoms with van der Waals surface area (Å²) in [4.78, 5) is 0. The molecule has 2 rings (SSSR count). The van der Waals surface area contributed by atoms with Crippen LogP contribution in [0, 0.1) is 6.92 Å². The van der Waals surface area contributed by atoms with E-state index in [-0.39, 0.29) is 0 Å². The normalized spacial score (nSPS) is 17.8. The first-order valence-electron chi connectivity index (χ1n) is 3.49. The van der Waals surface area contributed by atoms with Crippen LogP contribution in [0.2, 0.25) is 0 Å². The minimum Gasteiger partial charge on any atom is -0.266 e. The minimum atomic E-state index is 0.700. The lowest BCUT2D eigenvalue weighted by Gasteiger charge is -1.97. The van der Waals surface area contributed by atoms with Gasteiger partial charge in [-0.3, -0.25) is 4.68 Å². The summed E-state index contributed by atoms with van der Waals surface area (Å²) in [7, 11) is 0. The Kier molecular flexibility index (Phi) is 1.34. The first-order valence-corrected chi connectivity index (χ1v) is 4.28. The van der Waals surface area contributed by atoms with Crippen molar-refractivity contribution in [3.8, 4) is 0 Å². The van der Waals surface area contributed by atoms with Gasteiger partial charge < -0.3 is 0 Å². The second-order valence-corrected chi connectivity index (χ2v) is 3.60. The van der Waals surface area contributed by atoms with Gasteiger partial charge in [0, 0.05) is 5.69 Å². The van der Waals surface area contributed by atoms with Crippen molar-refractivity contribution in [2.24, 2.45) is 0 Å². The maximum atomic E-state index is 4.31. The Balaban J connectivity index is 2.38. The zero-order valence-electron chi connectivity index (χ0n) is 5.84. The molecule has 0 spiro atoms. The Labute approximate surface area is 68.4 Å². The van der Waals surface area contributed by atoms with Crippen molar-refractivity contribution in [1.82, 2.24) is 9.78 Å².